The Balaban J connectivity index is 2.71. The second-order valence-corrected chi connectivity index (χ2v) is 6.29. The van der Waals surface area contributed by atoms with E-state index in [9.17, 15) is 9.00 Å². The van der Waals surface area contributed by atoms with Gasteiger partial charge in [0.2, 0.25) is 0 Å². The number of nitrogens with zero attached hydrogens (tertiary/aromatic N) is 1. The molecule has 1 amide bonds. The molecule has 0 spiro atoms. The van der Waals surface area contributed by atoms with Crippen LogP contribution in [0.15, 0.2) is 12.1 Å². The molecule has 6 heteroatoms. The van der Waals surface area contributed by atoms with Crippen LogP contribution in [0.5, 0.6) is 0 Å². The van der Waals surface area contributed by atoms with Gasteiger partial charge in [0.1, 0.15) is 5.82 Å². The second kappa shape index (κ2) is 8.68. The number of aryl methyl sites for hydroxylation is 1. The van der Waals surface area contributed by atoms with Crippen LogP contribution in [0.4, 0.5) is 5.82 Å². The maximum atomic E-state index is 12.1. The number of amides is 1. The van der Waals surface area contributed by atoms with Crippen LogP contribution < -0.4 is 10.6 Å². The van der Waals surface area contributed by atoms with Gasteiger partial charge in [-0.1, -0.05) is 20.3 Å². The standard InChI is InChI=1S/C14H23N3O2S/c1-4-6-12-9-11(10-13(15-3)17-12)14(18)16-7-8-20(19)5-2/h9-10H,4-8H2,1-3H3,(H,15,17)(H,16,18). The van der Waals surface area contributed by atoms with E-state index in [4.69, 9.17) is 0 Å². The third-order valence-electron chi connectivity index (χ3n) is 2.84. The Kier molecular flexibility index (Phi) is 7.22. The first-order valence-corrected chi connectivity index (χ1v) is 8.41. The summed E-state index contributed by atoms with van der Waals surface area (Å²) in [6.45, 7) is 4.38. The van der Waals surface area contributed by atoms with Crippen LogP contribution >= 0.6 is 0 Å². The Bertz CT molecular complexity index is 477. The summed E-state index contributed by atoms with van der Waals surface area (Å²) in [5.74, 6) is 1.66. The lowest BCUT2D eigenvalue weighted by molar-refractivity contribution is 0.0956. The number of rotatable bonds is 8. The number of anilines is 1. The highest BCUT2D eigenvalue weighted by Crippen LogP contribution is 2.11. The molecule has 1 heterocycles. The lowest BCUT2D eigenvalue weighted by atomic mass is 10.1. The molecule has 0 fully saturated rings. The highest BCUT2D eigenvalue weighted by atomic mass is 32.2. The van der Waals surface area contributed by atoms with Crippen LogP contribution in [0.2, 0.25) is 0 Å². The number of carbonyl (C=O) groups excluding carboxylic acids is 1. The third-order valence-corrected chi connectivity index (χ3v) is 4.14. The quantitative estimate of drug-likeness (QED) is 0.764. The summed E-state index contributed by atoms with van der Waals surface area (Å²) >= 11 is 0. The molecule has 0 saturated heterocycles. The Morgan fingerprint density at radius 2 is 2.10 bits per heavy atom. The molecule has 112 valence electrons. The molecule has 0 aromatic carbocycles. The number of pyridine rings is 1. The average Bonchev–Trinajstić information content (AvgIpc) is 2.46. The van der Waals surface area contributed by atoms with Gasteiger partial charge in [-0.25, -0.2) is 4.98 Å². The van der Waals surface area contributed by atoms with Gasteiger partial charge in [0.05, 0.1) is 0 Å². The van der Waals surface area contributed by atoms with Crippen LogP contribution in [-0.2, 0) is 17.2 Å². The molecule has 0 bridgehead atoms. The van der Waals surface area contributed by atoms with Crippen molar-refractivity contribution in [2.45, 2.75) is 26.7 Å². The molecule has 1 atom stereocenters. The topological polar surface area (TPSA) is 71.1 Å². The normalized spacial score (nSPS) is 11.9. The van der Waals surface area contributed by atoms with Gasteiger partial charge in [0.15, 0.2) is 0 Å². The smallest absolute Gasteiger partial charge is 0.251 e. The largest absolute Gasteiger partial charge is 0.373 e. The number of carbonyl (C=O) groups is 1. The van der Waals surface area contributed by atoms with E-state index in [0.717, 1.165) is 18.5 Å². The van der Waals surface area contributed by atoms with Gasteiger partial charge in [-0.3, -0.25) is 9.00 Å². The van der Waals surface area contributed by atoms with Crippen molar-refractivity contribution < 1.29 is 9.00 Å². The van der Waals surface area contributed by atoms with E-state index in [1.54, 1.807) is 13.1 Å². The van der Waals surface area contributed by atoms with E-state index in [0.29, 0.717) is 29.4 Å². The second-order valence-electron chi connectivity index (χ2n) is 4.42. The fraction of sp³-hybridized carbons (Fsp3) is 0.571. The third kappa shape index (κ3) is 5.28. The van der Waals surface area contributed by atoms with Gasteiger partial charge in [0, 0.05) is 47.2 Å². The summed E-state index contributed by atoms with van der Waals surface area (Å²) in [4.78, 5) is 16.5. The number of nitrogens with one attached hydrogen (secondary N) is 2. The summed E-state index contributed by atoms with van der Waals surface area (Å²) in [6, 6.07) is 3.54. The average molecular weight is 297 g/mol. The molecule has 2 N–H and O–H groups in total. The van der Waals surface area contributed by atoms with Crippen LogP contribution in [-0.4, -0.2) is 40.2 Å². The van der Waals surface area contributed by atoms with E-state index >= 15 is 0 Å². The molecule has 1 unspecified atom stereocenters. The number of hydrogen-bond donors (Lipinski definition) is 2. The molecule has 0 aliphatic rings. The minimum absolute atomic E-state index is 0.144. The Morgan fingerprint density at radius 3 is 2.70 bits per heavy atom. The lowest BCUT2D eigenvalue weighted by Crippen LogP contribution is -2.28. The zero-order valence-corrected chi connectivity index (χ0v) is 13.2. The summed E-state index contributed by atoms with van der Waals surface area (Å²) in [6.07, 6.45) is 1.83. The molecule has 0 aliphatic heterocycles. The monoisotopic (exact) mass is 297 g/mol. The molecule has 0 saturated carbocycles. The maximum absolute atomic E-state index is 12.1. The van der Waals surface area contributed by atoms with Crippen molar-refractivity contribution in [3.8, 4) is 0 Å². The van der Waals surface area contributed by atoms with Crippen molar-refractivity contribution in [1.82, 2.24) is 10.3 Å². The Hall–Kier alpha value is -1.43. The highest BCUT2D eigenvalue weighted by Gasteiger charge is 2.09. The van der Waals surface area contributed by atoms with Gasteiger partial charge in [-0.15, -0.1) is 0 Å². The van der Waals surface area contributed by atoms with Crippen LogP contribution in [0, 0.1) is 0 Å². The fourth-order valence-corrected chi connectivity index (χ4v) is 2.37. The van der Waals surface area contributed by atoms with E-state index in [1.165, 1.54) is 0 Å². The van der Waals surface area contributed by atoms with Gasteiger partial charge in [0.25, 0.3) is 5.91 Å². The SMILES string of the molecule is CCCc1cc(C(=O)NCCS(=O)CC)cc(NC)n1. The predicted molar refractivity (Wildman–Crippen MR) is 83.7 cm³/mol. The van der Waals surface area contributed by atoms with Crippen molar-refractivity contribution in [3.05, 3.63) is 23.4 Å². The minimum atomic E-state index is -0.853. The molecule has 20 heavy (non-hydrogen) atoms. The maximum Gasteiger partial charge on any atom is 0.251 e. The van der Waals surface area contributed by atoms with Crippen LogP contribution in [0.25, 0.3) is 0 Å². The molecule has 1 rings (SSSR count). The molecule has 0 aliphatic carbocycles. The summed E-state index contributed by atoms with van der Waals surface area (Å²) in [7, 11) is 0.929. The summed E-state index contributed by atoms with van der Waals surface area (Å²) < 4.78 is 11.3. The molecule has 0 radical (unpaired) electrons. The first-order valence-electron chi connectivity index (χ1n) is 6.92. The zero-order valence-electron chi connectivity index (χ0n) is 12.4. The van der Waals surface area contributed by atoms with Crippen LogP contribution in [0.1, 0.15) is 36.3 Å². The van der Waals surface area contributed by atoms with Crippen molar-refractivity contribution in [2.75, 3.05) is 30.4 Å². The Morgan fingerprint density at radius 1 is 1.35 bits per heavy atom. The Labute approximate surface area is 123 Å². The molecule has 1 aromatic heterocycles. The van der Waals surface area contributed by atoms with Gasteiger partial charge in [-0.2, -0.15) is 0 Å². The summed E-state index contributed by atoms with van der Waals surface area (Å²) in [5.41, 5.74) is 1.50. The zero-order chi connectivity index (χ0) is 15.0. The predicted octanol–water partition coefficient (Wildman–Crippen LogP) is 1.57. The van der Waals surface area contributed by atoms with Crippen LogP contribution in [0.3, 0.4) is 0 Å². The van der Waals surface area contributed by atoms with Crippen molar-refractivity contribution in [3.63, 3.8) is 0 Å². The van der Waals surface area contributed by atoms with Gasteiger partial charge >= 0.3 is 0 Å². The number of hydrogen-bond acceptors (Lipinski definition) is 4. The summed E-state index contributed by atoms with van der Waals surface area (Å²) in [5, 5.41) is 5.76. The van der Waals surface area contributed by atoms with Crippen molar-refractivity contribution in [2.24, 2.45) is 0 Å². The molecule has 1 aromatic rings. The van der Waals surface area contributed by atoms with E-state index in [-0.39, 0.29) is 5.91 Å². The minimum Gasteiger partial charge on any atom is -0.373 e. The number of aromatic nitrogens is 1. The molecular weight excluding hydrogens is 274 g/mol. The molecular formula is C14H23N3O2S. The fourth-order valence-electron chi connectivity index (χ4n) is 1.76. The lowest BCUT2D eigenvalue weighted by Gasteiger charge is -2.09. The van der Waals surface area contributed by atoms with E-state index < -0.39 is 10.8 Å². The van der Waals surface area contributed by atoms with Gasteiger partial charge in [-0.05, 0) is 18.6 Å². The first kappa shape index (κ1) is 16.6. The molecule has 5 nitrogen and oxygen atoms in total. The van der Waals surface area contributed by atoms with E-state index in [1.807, 2.05) is 13.0 Å². The van der Waals surface area contributed by atoms with E-state index in [2.05, 4.69) is 22.5 Å². The van der Waals surface area contributed by atoms with Crippen molar-refractivity contribution >= 4 is 22.5 Å². The highest BCUT2D eigenvalue weighted by molar-refractivity contribution is 7.84. The van der Waals surface area contributed by atoms with Gasteiger partial charge < -0.3 is 10.6 Å². The first-order chi connectivity index (χ1) is 9.60. The van der Waals surface area contributed by atoms with Crippen molar-refractivity contribution in [1.29, 1.82) is 0 Å².